The third-order valence-corrected chi connectivity index (χ3v) is 6.37. The molecule has 192 valence electrons. The minimum Gasteiger partial charge on any atom is -0.329 e. The van der Waals surface area contributed by atoms with Gasteiger partial charge in [-0.1, -0.05) is 61.9 Å². The SMILES string of the molecule is CCCCN(C(=O)c1cccc(C(F)(F)F)c1)C(C)c1nc2ccccc2c(=O)n1Cc1ccccc1. The van der Waals surface area contributed by atoms with E-state index in [0.29, 0.717) is 29.7 Å². The first kappa shape index (κ1) is 26.1. The van der Waals surface area contributed by atoms with Gasteiger partial charge in [-0.05, 0) is 49.2 Å². The van der Waals surface area contributed by atoms with E-state index in [1.165, 1.54) is 17.0 Å². The second-order valence-corrected chi connectivity index (χ2v) is 8.97. The molecule has 5 nitrogen and oxygen atoms in total. The number of nitrogens with zero attached hydrogens (tertiary/aromatic N) is 3. The van der Waals surface area contributed by atoms with E-state index >= 15 is 0 Å². The summed E-state index contributed by atoms with van der Waals surface area (Å²) in [5, 5.41) is 0.457. The van der Waals surface area contributed by atoms with E-state index in [0.717, 1.165) is 24.1 Å². The van der Waals surface area contributed by atoms with Gasteiger partial charge in [0, 0.05) is 12.1 Å². The van der Waals surface area contributed by atoms with Gasteiger partial charge >= 0.3 is 6.18 Å². The van der Waals surface area contributed by atoms with E-state index in [9.17, 15) is 22.8 Å². The summed E-state index contributed by atoms with van der Waals surface area (Å²) in [6, 6.07) is 20.2. The summed E-state index contributed by atoms with van der Waals surface area (Å²) < 4.78 is 41.6. The molecule has 0 fully saturated rings. The Hall–Kier alpha value is -3.94. The average Bonchev–Trinajstić information content (AvgIpc) is 2.90. The Morgan fingerprint density at radius 2 is 1.70 bits per heavy atom. The van der Waals surface area contributed by atoms with Crippen LogP contribution in [0.4, 0.5) is 13.2 Å². The molecule has 37 heavy (non-hydrogen) atoms. The Kier molecular flexibility index (Phi) is 7.76. The van der Waals surface area contributed by atoms with Crippen molar-refractivity contribution in [1.29, 1.82) is 0 Å². The maximum atomic E-state index is 13.6. The molecule has 0 saturated carbocycles. The molecule has 0 N–H and O–H groups in total. The highest BCUT2D eigenvalue weighted by molar-refractivity contribution is 5.94. The van der Waals surface area contributed by atoms with Crippen molar-refractivity contribution in [2.45, 2.75) is 45.5 Å². The quantitative estimate of drug-likeness (QED) is 0.275. The van der Waals surface area contributed by atoms with Gasteiger partial charge in [-0.25, -0.2) is 4.98 Å². The highest BCUT2D eigenvalue weighted by atomic mass is 19.4. The topological polar surface area (TPSA) is 55.2 Å². The lowest BCUT2D eigenvalue weighted by Gasteiger charge is -2.31. The predicted molar refractivity (Wildman–Crippen MR) is 137 cm³/mol. The molecule has 1 amide bonds. The van der Waals surface area contributed by atoms with E-state index in [1.54, 1.807) is 35.8 Å². The molecule has 8 heteroatoms. The van der Waals surface area contributed by atoms with Crippen molar-refractivity contribution in [3.05, 3.63) is 112 Å². The largest absolute Gasteiger partial charge is 0.416 e. The summed E-state index contributed by atoms with van der Waals surface area (Å²) in [6.07, 6.45) is -3.14. The molecule has 0 aliphatic rings. The Bertz CT molecular complexity index is 1450. The molecule has 0 aliphatic heterocycles. The Balaban J connectivity index is 1.82. The van der Waals surface area contributed by atoms with Crippen LogP contribution in [0, 0.1) is 0 Å². The molecule has 1 aromatic heterocycles. The minimum absolute atomic E-state index is 0.0597. The lowest BCUT2D eigenvalue weighted by Crippen LogP contribution is -2.38. The van der Waals surface area contributed by atoms with Crippen molar-refractivity contribution in [3.63, 3.8) is 0 Å². The molecule has 4 aromatic rings. The lowest BCUT2D eigenvalue weighted by molar-refractivity contribution is -0.137. The third kappa shape index (κ3) is 5.74. The number of aromatic nitrogens is 2. The first-order valence-electron chi connectivity index (χ1n) is 12.2. The lowest BCUT2D eigenvalue weighted by atomic mass is 10.1. The van der Waals surface area contributed by atoms with E-state index in [1.807, 2.05) is 37.3 Å². The van der Waals surface area contributed by atoms with Crippen LogP contribution in [-0.4, -0.2) is 26.9 Å². The number of carbonyl (C=O) groups excluding carboxylic acids is 1. The Labute approximate surface area is 213 Å². The number of para-hydroxylation sites is 1. The average molecular weight is 508 g/mol. The highest BCUT2D eigenvalue weighted by Gasteiger charge is 2.32. The van der Waals surface area contributed by atoms with E-state index in [2.05, 4.69) is 0 Å². The van der Waals surface area contributed by atoms with Gasteiger partial charge in [-0.15, -0.1) is 0 Å². The van der Waals surface area contributed by atoms with Gasteiger partial charge in [0.15, 0.2) is 0 Å². The van der Waals surface area contributed by atoms with Gasteiger partial charge in [0.1, 0.15) is 5.82 Å². The maximum absolute atomic E-state index is 13.6. The van der Waals surface area contributed by atoms with Crippen LogP contribution in [0.1, 0.15) is 60.0 Å². The molecule has 0 spiro atoms. The van der Waals surface area contributed by atoms with Gasteiger partial charge < -0.3 is 4.90 Å². The van der Waals surface area contributed by atoms with Crippen molar-refractivity contribution in [1.82, 2.24) is 14.5 Å². The molecule has 4 rings (SSSR count). The molecule has 3 aromatic carbocycles. The van der Waals surface area contributed by atoms with Gasteiger partial charge in [-0.2, -0.15) is 13.2 Å². The number of fused-ring (bicyclic) bond motifs is 1. The van der Waals surface area contributed by atoms with E-state index < -0.39 is 23.7 Å². The fourth-order valence-electron chi connectivity index (χ4n) is 4.36. The third-order valence-electron chi connectivity index (χ3n) is 6.37. The monoisotopic (exact) mass is 507 g/mol. The van der Waals surface area contributed by atoms with E-state index in [-0.39, 0.29) is 17.7 Å². The zero-order chi connectivity index (χ0) is 26.6. The van der Waals surface area contributed by atoms with Crippen molar-refractivity contribution in [2.24, 2.45) is 0 Å². The van der Waals surface area contributed by atoms with Gasteiger partial charge in [0.2, 0.25) is 0 Å². The molecule has 1 atom stereocenters. The number of amides is 1. The van der Waals surface area contributed by atoms with Crippen molar-refractivity contribution >= 4 is 16.8 Å². The molecule has 0 bridgehead atoms. The zero-order valence-corrected chi connectivity index (χ0v) is 20.7. The summed E-state index contributed by atoms with van der Waals surface area (Å²) in [4.78, 5) is 33.5. The number of hydrogen-bond donors (Lipinski definition) is 0. The van der Waals surface area contributed by atoms with Crippen LogP contribution in [0.2, 0.25) is 0 Å². The number of alkyl halides is 3. The van der Waals surface area contributed by atoms with Crippen LogP contribution < -0.4 is 5.56 Å². The summed E-state index contributed by atoms with van der Waals surface area (Å²) >= 11 is 0. The molecule has 1 heterocycles. The normalized spacial score (nSPS) is 12.5. The number of halogens is 3. The second kappa shape index (κ2) is 11.0. The van der Waals surface area contributed by atoms with Crippen LogP contribution in [0.5, 0.6) is 0 Å². The number of carbonyl (C=O) groups is 1. The fourth-order valence-corrected chi connectivity index (χ4v) is 4.36. The maximum Gasteiger partial charge on any atom is 0.416 e. The molecule has 0 aliphatic carbocycles. The van der Waals surface area contributed by atoms with Crippen molar-refractivity contribution < 1.29 is 18.0 Å². The molecular formula is C29H28F3N3O2. The fraction of sp³-hybridized carbons (Fsp3) is 0.276. The van der Waals surface area contributed by atoms with Gasteiger partial charge in [-0.3, -0.25) is 14.2 Å². The Morgan fingerprint density at radius 1 is 1.00 bits per heavy atom. The molecule has 1 unspecified atom stereocenters. The second-order valence-electron chi connectivity index (χ2n) is 8.97. The molecule has 0 radical (unpaired) electrons. The van der Waals surface area contributed by atoms with Gasteiger partial charge in [0.05, 0.1) is 29.1 Å². The van der Waals surface area contributed by atoms with Crippen molar-refractivity contribution in [2.75, 3.05) is 6.54 Å². The Morgan fingerprint density at radius 3 is 2.41 bits per heavy atom. The standard InChI is InChI=1S/C29H28F3N3O2/c1-3-4-17-34(27(36)22-13-10-14-23(18-22)29(30,31)32)20(2)26-33-25-16-9-8-15-24(25)28(37)35(26)19-21-11-6-5-7-12-21/h5-16,18,20H,3-4,17,19H2,1-2H3. The molecule has 0 saturated heterocycles. The van der Waals surface area contributed by atoms with Crippen LogP contribution in [-0.2, 0) is 12.7 Å². The summed E-state index contributed by atoms with van der Waals surface area (Å²) in [5.74, 6) is -0.162. The van der Waals surface area contributed by atoms with Crippen LogP contribution in [0.15, 0.2) is 83.7 Å². The smallest absolute Gasteiger partial charge is 0.329 e. The van der Waals surface area contributed by atoms with Crippen LogP contribution >= 0.6 is 0 Å². The number of rotatable bonds is 8. The first-order valence-corrected chi connectivity index (χ1v) is 12.2. The van der Waals surface area contributed by atoms with Crippen LogP contribution in [0.3, 0.4) is 0 Å². The summed E-state index contributed by atoms with van der Waals surface area (Å²) in [7, 11) is 0. The van der Waals surface area contributed by atoms with Gasteiger partial charge in [0.25, 0.3) is 11.5 Å². The summed E-state index contributed by atoms with van der Waals surface area (Å²) in [5.41, 5.74) is 0.208. The number of hydrogen-bond acceptors (Lipinski definition) is 3. The molecular weight excluding hydrogens is 479 g/mol. The summed E-state index contributed by atoms with van der Waals surface area (Å²) in [6.45, 7) is 4.29. The number of benzene rings is 3. The minimum atomic E-state index is -4.56. The first-order chi connectivity index (χ1) is 17.7. The number of unbranched alkanes of at least 4 members (excludes halogenated alkanes) is 1. The van der Waals surface area contributed by atoms with E-state index in [4.69, 9.17) is 4.98 Å². The van der Waals surface area contributed by atoms with Crippen molar-refractivity contribution in [3.8, 4) is 0 Å². The predicted octanol–water partition coefficient (Wildman–Crippen LogP) is 6.47. The van der Waals surface area contributed by atoms with Crippen LogP contribution in [0.25, 0.3) is 10.9 Å². The zero-order valence-electron chi connectivity index (χ0n) is 20.7. The highest BCUT2D eigenvalue weighted by Crippen LogP contribution is 2.31.